The molecule has 0 unspecified atom stereocenters. The molecule has 3 rings (SSSR count). The van der Waals surface area contributed by atoms with Gasteiger partial charge in [0, 0.05) is 38.4 Å². The lowest BCUT2D eigenvalue weighted by Gasteiger charge is -2.34. The van der Waals surface area contributed by atoms with E-state index in [0.29, 0.717) is 10.6 Å². The lowest BCUT2D eigenvalue weighted by molar-refractivity contribution is 0.0632. The van der Waals surface area contributed by atoms with E-state index in [2.05, 4.69) is 27.7 Å². The highest BCUT2D eigenvalue weighted by molar-refractivity contribution is 6.33. The summed E-state index contributed by atoms with van der Waals surface area (Å²) >= 11 is 6.13. The van der Waals surface area contributed by atoms with E-state index in [1.165, 1.54) is 5.69 Å². The minimum Gasteiger partial charge on any atom is -0.336 e. The molecule has 2 heterocycles. The summed E-state index contributed by atoms with van der Waals surface area (Å²) < 4.78 is 2.05. The van der Waals surface area contributed by atoms with Gasteiger partial charge < -0.3 is 4.90 Å². The maximum Gasteiger partial charge on any atom is 0.255 e. The Morgan fingerprint density at radius 1 is 1.12 bits per heavy atom. The Balaban J connectivity index is 1.51. The van der Waals surface area contributed by atoms with E-state index in [9.17, 15) is 4.79 Å². The number of piperazine rings is 1. The zero-order valence-corrected chi connectivity index (χ0v) is 15.0. The van der Waals surface area contributed by atoms with Gasteiger partial charge in [0.25, 0.3) is 5.91 Å². The first-order chi connectivity index (χ1) is 11.5. The van der Waals surface area contributed by atoms with E-state index in [1.807, 2.05) is 24.0 Å². The van der Waals surface area contributed by atoms with Gasteiger partial charge in [-0.1, -0.05) is 23.7 Å². The summed E-state index contributed by atoms with van der Waals surface area (Å²) in [5, 5.41) is 5.02. The molecule has 0 radical (unpaired) electrons. The smallest absolute Gasteiger partial charge is 0.255 e. The molecule has 2 aromatic rings. The number of carbonyl (C=O) groups excluding carboxylic acids is 1. The van der Waals surface area contributed by atoms with Gasteiger partial charge >= 0.3 is 0 Å². The first-order valence-electron chi connectivity index (χ1n) is 8.32. The zero-order chi connectivity index (χ0) is 17.1. The average molecular weight is 347 g/mol. The van der Waals surface area contributed by atoms with E-state index >= 15 is 0 Å². The molecular formula is C18H23ClN4O. The van der Waals surface area contributed by atoms with Crippen LogP contribution in [-0.2, 0) is 6.54 Å². The molecule has 0 saturated carbocycles. The quantitative estimate of drug-likeness (QED) is 0.854. The van der Waals surface area contributed by atoms with Crippen molar-refractivity contribution in [3.05, 3.63) is 52.3 Å². The van der Waals surface area contributed by atoms with E-state index in [-0.39, 0.29) is 5.91 Å². The standard InChI is InChI=1S/C18H23ClN4O/c1-14-13-15(2)23(20-14)12-9-21-7-10-22(11-8-21)18(24)16-5-3-4-6-17(16)19/h3-6,13H,7-12H2,1-2H3. The number of rotatable bonds is 4. The Morgan fingerprint density at radius 3 is 2.46 bits per heavy atom. The monoisotopic (exact) mass is 346 g/mol. The van der Waals surface area contributed by atoms with Gasteiger partial charge in [-0.2, -0.15) is 5.10 Å². The molecule has 6 heteroatoms. The van der Waals surface area contributed by atoms with Crippen LogP contribution >= 0.6 is 11.6 Å². The largest absolute Gasteiger partial charge is 0.336 e. The van der Waals surface area contributed by atoms with E-state index in [1.54, 1.807) is 12.1 Å². The Morgan fingerprint density at radius 2 is 1.83 bits per heavy atom. The number of hydrogen-bond acceptors (Lipinski definition) is 3. The highest BCUT2D eigenvalue weighted by Gasteiger charge is 2.23. The third-order valence-corrected chi connectivity index (χ3v) is 4.82. The molecule has 128 valence electrons. The number of aromatic nitrogens is 2. The highest BCUT2D eigenvalue weighted by atomic mass is 35.5. The summed E-state index contributed by atoms with van der Waals surface area (Å²) in [4.78, 5) is 16.8. The summed E-state index contributed by atoms with van der Waals surface area (Å²) in [6.45, 7) is 9.18. The van der Waals surface area contributed by atoms with E-state index < -0.39 is 0 Å². The molecule has 0 N–H and O–H groups in total. The fourth-order valence-corrected chi connectivity index (χ4v) is 3.33. The van der Waals surface area contributed by atoms with Gasteiger partial charge in [0.1, 0.15) is 0 Å². The molecule has 1 aliphatic rings. The van der Waals surface area contributed by atoms with Crippen LogP contribution in [0.4, 0.5) is 0 Å². The Hall–Kier alpha value is -1.85. The van der Waals surface area contributed by atoms with Crippen LogP contribution in [-0.4, -0.2) is 58.2 Å². The third kappa shape index (κ3) is 3.79. The lowest BCUT2D eigenvalue weighted by Crippen LogP contribution is -2.49. The van der Waals surface area contributed by atoms with Crippen LogP contribution in [0.1, 0.15) is 21.7 Å². The molecule has 5 nitrogen and oxygen atoms in total. The summed E-state index contributed by atoms with van der Waals surface area (Å²) in [6.07, 6.45) is 0. The van der Waals surface area contributed by atoms with Crippen molar-refractivity contribution in [2.45, 2.75) is 20.4 Å². The molecule has 0 atom stereocenters. The van der Waals surface area contributed by atoms with Crippen molar-refractivity contribution < 1.29 is 4.79 Å². The minimum atomic E-state index is 0.0267. The van der Waals surface area contributed by atoms with Gasteiger partial charge in [-0.15, -0.1) is 0 Å². The first kappa shape index (κ1) is 17.0. The van der Waals surface area contributed by atoms with Crippen LogP contribution in [0.5, 0.6) is 0 Å². The zero-order valence-electron chi connectivity index (χ0n) is 14.2. The second-order valence-electron chi connectivity index (χ2n) is 6.26. The molecule has 0 bridgehead atoms. The Bertz CT molecular complexity index is 720. The maximum atomic E-state index is 12.6. The summed E-state index contributed by atoms with van der Waals surface area (Å²) in [7, 11) is 0. The summed E-state index contributed by atoms with van der Waals surface area (Å²) in [6, 6.07) is 9.35. The third-order valence-electron chi connectivity index (χ3n) is 4.50. The van der Waals surface area contributed by atoms with Crippen molar-refractivity contribution in [2.75, 3.05) is 32.7 Å². The van der Waals surface area contributed by atoms with Crippen molar-refractivity contribution in [3.63, 3.8) is 0 Å². The maximum absolute atomic E-state index is 12.6. The van der Waals surface area contributed by atoms with Gasteiger partial charge in [0.05, 0.1) is 22.8 Å². The SMILES string of the molecule is Cc1cc(C)n(CCN2CCN(C(=O)c3ccccc3Cl)CC2)n1. The molecule has 1 fully saturated rings. The normalized spacial score (nSPS) is 15.7. The molecule has 1 aromatic heterocycles. The van der Waals surface area contributed by atoms with Crippen molar-refractivity contribution in [1.29, 1.82) is 0 Å². The molecule has 24 heavy (non-hydrogen) atoms. The molecule has 1 aliphatic heterocycles. The fourth-order valence-electron chi connectivity index (χ4n) is 3.12. The number of amides is 1. The number of benzene rings is 1. The van der Waals surface area contributed by atoms with Gasteiger partial charge in [-0.3, -0.25) is 14.4 Å². The number of nitrogens with zero attached hydrogens (tertiary/aromatic N) is 4. The van der Waals surface area contributed by atoms with Crippen LogP contribution in [0.3, 0.4) is 0 Å². The highest BCUT2D eigenvalue weighted by Crippen LogP contribution is 2.18. The minimum absolute atomic E-state index is 0.0267. The molecule has 1 amide bonds. The lowest BCUT2D eigenvalue weighted by atomic mass is 10.2. The van der Waals surface area contributed by atoms with Gasteiger partial charge in [0.2, 0.25) is 0 Å². The van der Waals surface area contributed by atoms with Crippen LogP contribution in [0.25, 0.3) is 0 Å². The first-order valence-corrected chi connectivity index (χ1v) is 8.69. The van der Waals surface area contributed by atoms with E-state index in [0.717, 1.165) is 45.0 Å². The average Bonchev–Trinajstić information content (AvgIpc) is 2.91. The molecule has 1 saturated heterocycles. The van der Waals surface area contributed by atoms with Crippen molar-refractivity contribution in [2.24, 2.45) is 0 Å². The van der Waals surface area contributed by atoms with Crippen LogP contribution in [0.15, 0.2) is 30.3 Å². The van der Waals surface area contributed by atoms with Crippen LogP contribution in [0.2, 0.25) is 5.02 Å². The second-order valence-corrected chi connectivity index (χ2v) is 6.67. The Labute approximate surface area is 147 Å². The van der Waals surface area contributed by atoms with Gasteiger partial charge in [-0.25, -0.2) is 0 Å². The topological polar surface area (TPSA) is 41.4 Å². The summed E-state index contributed by atoms with van der Waals surface area (Å²) in [5.41, 5.74) is 2.85. The second kappa shape index (κ2) is 7.36. The molecular weight excluding hydrogens is 324 g/mol. The number of carbonyl (C=O) groups is 1. The summed E-state index contributed by atoms with van der Waals surface area (Å²) in [5.74, 6) is 0.0267. The molecule has 0 spiro atoms. The van der Waals surface area contributed by atoms with Crippen molar-refractivity contribution in [3.8, 4) is 0 Å². The fraction of sp³-hybridized carbons (Fsp3) is 0.444. The molecule has 0 aliphatic carbocycles. The predicted molar refractivity (Wildman–Crippen MR) is 95.5 cm³/mol. The predicted octanol–water partition coefficient (Wildman–Crippen LogP) is 2.61. The number of aryl methyl sites for hydroxylation is 2. The molecule has 1 aromatic carbocycles. The number of hydrogen-bond donors (Lipinski definition) is 0. The van der Waals surface area contributed by atoms with Gasteiger partial charge in [-0.05, 0) is 32.0 Å². The Kier molecular flexibility index (Phi) is 5.21. The van der Waals surface area contributed by atoms with Crippen molar-refractivity contribution >= 4 is 17.5 Å². The van der Waals surface area contributed by atoms with E-state index in [4.69, 9.17) is 11.6 Å². The number of halogens is 1. The van der Waals surface area contributed by atoms with Gasteiger partial charge in [0.15, 0.2) is 0 Å². The van der Waals surface area contributed by atoms with Crippen LogP contribution in [0, 0.1) is 13.8 Å². The van der Waals surface area contributed by atoms with Crippen molar-refractivity contribution in [1.82, 2.24) is 19.6 Å². The van der Waals surface area contributed by atoms with Crippen LogP contribution < -0.4 is 0 Å².